The summed E-state index contributed by atoms with van der Waals surface area (Å²) in [5, 5.41) is 11.0. The minimum Gasteiger partial charge on any atom is -0.492 e. The number of ether oxygens (including phenoxy) is 2. The van der Waals surface area contributed by atoms with Crippen LogP contribution in [0.25, 0.3) is 10.9 Å². The Labute approximate surface area is 205 Å². The van der Waals surface area contributed by atoms with E-state index in [2.05, 4.69) is 15.5 Å². The van der Waals surface area contributed by atoms with Crippen LogP contribution in [-0.2, 0) is 4.74 Å². The number of nitrogens with zero attached hydrogens (tertiary/aromatic N) is 2. The van der Waals surface area contributed by atoms with Crippen molar-refractivity contribution in [3.63, 3.8) is 0 Å². The fourth-order valence-electron chi connectivity index (χ4n) is 5.08. The number of aromatic nitrogens is 2. The maximum absolute atomic E-state index is 13.3. The van der Waals surface area contributed by atoms with E-state index in [9.17, 15) is 9.59 Å². The lowest BCUT2D eigenvalue weighted by Crippen LogP contribution is -2.45. The maximum Gasteiger partial charge on any atom is 0.274 e. The zero-order chi connectivity index (χ0) is 24.1. The van der Waals surface area contributed by atoms with E-state index in [0.29, 0.717) is 56.5 Å². The Hall–Kier alpha value is -3.39. The molecule has 1 spiro atoms. The van der Waals surface area contributed by atoms with Gasteiger partial charge < -0.3 is 19.7 Å². The lowest BCUT2D eigenvalue weighted by atomic mass is 9.75. The van der Waals surface area contributed by atoms with E-state index in [-0.39, 0.29) is 17.2 Å². The molecule has 8 nitrogen and oxygen atoms in total. The van der Waals surface area contributed by atoms with E-state index in [0.717, 1.165) is 43.0 Å². The molecule has 3 heterocycles. The van der Waals surface area contributed by atoms with Crippen LogP contribution in [-0.4, -0.2) is 66.4 Å². The van der Waals surface area contributed by atoms with Crippen molar-refractivity contribution >= 4 is 22.7 Å². The van der Waals surface area contributed by atoms with E-state index in [1.807, 2.05) is 47.4 Å². The van der Waals surface area contributed by atoms with Crippen LogP contribution in [0.5, 0.6) is 5.75 Å². The highest BCUT2D eigenvalue weighted by atomic mass is 16.5. The molecule has 2 aromatic carbocycles. The fraction of sp³-hybridized carbons (Fsp3) is 0.444. The summed E-state index contributed by atoms with van der Waals surface area (Å²) in [5.41, 5.74) is 1.83. The molecule has 8 heteroatoms. The van der Waals surface area contributed by atoms with E-state index >= 15 is 0 Å². The van der Waals surface area contributed by atoms with Crippen LogP contribution in [0, 0.1) is 5.41 Å². The van der Waals surface area contributed by atoms with Gasteiger partial charge in [0, 0.05) is 37.0 Å². The molecule has 0 bridgehead atoms. The minimum absolute atomic E-state index is 0.0328. The number of carbonyl (C=O) groups is 2. The molecule has 1 saturated heterocycles. The number of hydrogen-bond acceptors (Lipinski definition) is 5. The average Bonchev–Trinajstić information content (AvgIpc) is 3.33. The summed E-state index contributed by atoms with van der Waals surface area (Å²) >= 11 is 0. The van der Waals surface area contributed by atoms with Gasteiger partial charge in [-0.2, -0.15) is 5.10 Å². The van der Waals surface area contributed by atoms with Crippen molar-refractivity contribution in [2.45, 2.75) is 32.1 Å². The molecule has 0 unspecified atom stereocenters. The van der Waals surface area contributed by atoms with Gasteiger partial charge in [-0.05, 0) is 43.9 Å². The maximum atomic E-state index is 13.3. The van der Waals surface area contributed by atoms with Gasteiger partial charge in [0.2, 0.25) is 0 Å². The van der Waals surface area contributed by atoms with Crippen LogP contribution < -0.4 is 10.1 Å². The molecule has 2 amide bonds. The number of likely N-dealkylation sites (tertiary alicyclic amines) is 1. The van der Waals surface area contributed by atoms with E-state index in [4.69, 9.17) is 9.47 Å². The van der Waals surface area contributed by atoms with Gasteiger partial charge in [-0.1, -0.05) is 36.8 Å². The lowest BCUT2D eigenvalue weighted by Gasteiger charge is -2.41. The Morgan fingerprint density at radius 3 is 2.66 bits per heavy atom. The number of benzene rings is 2. The van der Waals surface area contributed by atoms with Gasteiger partial charge in [0.1, 0.15) is 5.75 Å². The van der Waals surface area contributed by atoms with E-state index in [1.165, 1.54) is 0 Å². The molecular weight excluding hydrogens is 444 g/mol. The Balaban J connectivity index is 1.31. The molecule has 0 aliphatic carbocycles. The second-order valence-corrected chi connectivity index (χ2v) is 9.52. The quantitative estimate of drug-likeness (QED) is 0.557. The summed E-state index contributed by atoms with van der Waals surface area (Å²) in [6.45, 7) is 3.49. The molecule has 184 valence electrons. The van der Waals surface area contributed by atoms with Crippen molar-refractivity contribution in [1.29, 1.82) is 0 Å². The van der Waals surface area contributed by atoms with Gasteiger partial charge in [0.15, 0.2) is 5.69 Å². The Morgan fingerprint density at radius 2 is 1.77 bits per heavy atom. The number of hydrogen-bond donors (Lipinski definition) is 2. The SMILES string of the molecule is O=C1NCCOCCCCC2(CCN(C(=O)c3n[nH]c4ccccc34)CC2)COc2ccccc21. The van der Waals surface area contributed by atoms with Gasteiger partial charge in [-0.25, -0.2) is 0 Å². The first-order chi connectivity index (χ1) is 17.2. The lowest BCUT2D eigenvalue weighted by molar-refractivity contribution is 0.0338. The van der Waals surface area contributed by atoms with Crippen LogP contribution >= 0.6 is 0 Å². The standard InChI is InChI=1S/C27H32N4O4/c32-25-21-8-2-4-10-23(21)35-19-27(11-5-6-17-34-18-14-28-25)12-15-31(16-13-27)26(33)24-20-7-1-3-9-22(20)29-30-24/h1-4,7-10H,5-6,11-19H2,(H,28,32)(H,29,30). The van der Waals surface area contributed by atoms with Gasteiger partial charge in [-0.3, -0.25) is 14.7 Å². The second kappa shape index (κ2) is 10.5. The Kier molecular flexibility index (Phi) is 6.99. The van der Waals surface area contributed by atoms with Gasteiger partial charge in [0.05, 0.1) is 24.3 Å². The first kappa shape index (κ1) is 23.4. The third-order valence-electron chi connectivity index (χ3n) is 7.23. The molecule has 2 aliphatic rings. The number of amides is 2. The van der Waals surface area contributed by atoms with E-state index < -0.39 is 0 Å². The molecule has 3 aromatic rings. The number of nitrogens with one attached hydrogen (secondary N) is 2. The molecule has 2 N–H and O–H groups in total. The molecule has 0 radical (unpaired) electrons. The third kappa shape index (κ3) is 5.17. The first-order valence-electron chi connectivity index (χ1n) is 12.5. The third-order valence-corrected chi connectivity index (χ3v) is 7.23. The summed E-state index contributed by atoms with van der Waals surface area (Å²) in [4.78, 5) is 27.8. The van der Waals surface area contributed by atoms with Crippen LogP contribution in [0.15, 0.2) is 48.5 Å². The summed E-state index contributed by atoms with van der Waals surface area (Å²) < 4.78 is 12.0. The normalized spacial score (nSPS) is 19.4. The van der Waals surface area contributed by atoms with Crippen LogP contribution in [0.4, 0.5) is 0 Å². The highest BCUT2D eigenvalue weighted by Crippen LogP contribution is 2.38. The molecular formula is C27H32N4O4. The summed E-state index contributed by atoms with van der Waals surface area (Å²) in [5.74, 6) is 0.417. The number of para-hydroxylation sites is 2. The summed E-state index contributed by atoms with van der Waals surface area (Å²) in [7, 11) is 0. The zero-order valence-corrected chi connectivity index (χ0v) is 19.9. The highest BCUT2D eigenvalue weighted by molar-refractivity contribution is 6.04. The number of aromatic amines is 1. The topological polar surface area (TPSA) is 96.5 Å². The van der Waals surface area contributed by atoms with Crippen molar-refractivity contribution in [2.24, 2.45) is 5.41 Å². The van der Waals surface area contributed by atoms with Crippen LogP contribution in [0.1, 0.15) is 53.0 Å². The predicted molar refractivity (Wildman–Crippen MR) is 133 cm³/mol. The molecule has 2 aliphatic heterocycles. The van der Waals surface area contributed by atoms with Gasteiger partial charge in [-0.15, -0.1) is 0 Å². The molecule has 0 saturated carbocycles. The highest BCUT2D eigenvalue weighted by Gasteiger charge is 2.37. The Morgan fingerprint density at radius 1 is 0.971 bits per heavy atom. The largest absolute Gasteiger partial charge is 0.492 e. The summed E-state index contributed by atoms with van der Waals surface area (Å²) in [6.07, 6.45) is 4.69. The smallest absolute Gasteiger partial charge is 0.274 e. The first-order valence-corrected chi connectivity index (χ1v) is 12.5. The van der Waals surface area contributed by atoms with Crippen molar-refractivity contribution in [3.05, 3.63) is 59.8 Å². The molecule has 1 aromatic heterocycles. The van der Waals surface area contributed by atoms with Gasteiger partial charge >= 0.3 is 0 Å². The zero-order valence-electron chi connectivity index (χ0n) is 19.9. The molecule has 0 atom stereocenters. The fourth-order valence-corrected chi connectivity index (χ4v) is 5.08. The van der Waals surface area contributed by atoms with Crippen LogP contribution in [0.2, 0.25) is 0 Å². The van der Waals surface area contributed by atoms with Crippen LogP contribution in [0.3, 0.4) is 0 Å². The number of rotatable bonds is 1. The average molecular weight is 477 g/mol. The number of piperidine rings is 1. The molecule has 35 heavy (non-hydrogen) atoms. The number of carbonyl (C=O) groups excluding carboxylic acids is 2. The van der Waals surface area contributed by atoms with Crippen molar-refractivity contribution in [1.82, 2.24) is 20.4 Å². The predicted octanol–water partition coefficient (Wildman–Crippen LogP) is 3.79. The monoisotopic (exact) mass is 476 g/mol. The van der Waals surface area contributed by atoms with Crippen molar-refractivity contribution in [2.75, 3.05) is 39.5 Å². The second-order valence-electron chi connectivity index (χ2n) is 9.52. The summed E-state index contributed by atoms with van der Waals surface area (Å²) in [6, 6.07) is 15.1. The number of H-pyrrole nitrogens is 1. The van der Waals surface area contributed by atoms with Crippen molar-refractivity contribution in [3.8, 4) is 5.75 Å². The van der Waals surface area contributed by atoms with Gasteiger partial charge in [0.25, 0.3) is 11.8 Å². The van der Waals surface area contributed by atoms with Crippen molar-refractivity contribution < 1.29 is 19.1 Å². The molecule has 5 rings (SSSR count). The minimum atomic E-state index is -0.151. The Bertz CT molecular complexity index is 1180. The number of fused-ring (bicyclic) bond motifs is 2. The molecule has 1 fully saturated rings. The van der Waals surface area contributed by atoms with E-state index in [1.54, 1.807) is 6.07 Å².